The maximum atomic E-state index is 12.2. The van der Waals surface area contributed by atoms with Crippen molar-refractivity contribution in [2.24, 2.45) is 0 Å². The van der Waals surface area contributed by atoms with Gasteiger partial charge in [-0.05, 0) is 32.0 Å². The predicted molar refractivity (Wildman–Crippen MR) is 101 cm³/mol. The van der Waals surface area contributed by atoms with E-state index in [1.54, 1.807) is 23.1 Å². The Bertz CT molecular complexity index is 1110. The van der Waals surface area contributed by atoms with Gasteiger partial charge in [0.2, 0.25) is 0 Å². The normalized spacial score (nSPS) is 11.0. The minimum atomic E-state index is -0.998. The van der Waals surface area contributed by atoms with Crippen molar-refractivity contribution < 1.29 is 9.90 Å². The molecule has 2 aromatic heterocycles. The highest BCUT2D eigenvalue weighted by Crippen LogP contribution is 2.33. The number of aromatic nitrogens is 3. The van der Waals surface area contributed by atoms with Gasteiger partial charge in [0.05, 0.1) is 16.8 Å². The Morgan fingerprint density at radius 2 is 1.77 bits per heavy atom. The Balaban J connectivity index is 2.16. The summed E-state index contributed by atoms with van der Waals surface area (Å²) in [5.74, 6) is -0.998. The number of hydrogen-bond donors (Lipinski definition) is 1. The quantitative estimate of drug-likeness (QED) is 0.598. The Labute approximate surface area is 150 Å². The maximum Gasteiger partial charge on any atom is 0.338 e. The summed E-state index contributed by atoms with van der Waals surface area (Å²) in [7, 11) is 0. The second-order valence-corrected chi connectivity index (χ2v) is 6.33. The van der Waals surface area contributed by atoms with Crippen molar-refractivity contribution in [3.63, 3.8) is 0 Å². The molecule has 0 spiro atoms. The molecule has 2 heterocycles. The number of aryl methyl sites for hydroxylation is 2. The molecule has 5 heteroatoms. The Morgan fingerprint density at radius 3 is 2.42 bits per heavy atom. The highest BCUT2D eigenvalue weighted by molar-refractivity contribution is 6.08. The average Bonchev–Trinajstić information content (AvgIpc) is 3.15. The van der Waals surface area contributed by atoms with E-state index in [2.05, 4.69) is 5.10 Å². The van der Waals surface area contributed by atoms with E-state index in [0.29, 0.717) is 22.3 Å². The molecule has 0 aliphatic carbocycles. The van der Waals surface area contributed by atoms with Gasteiger partial charge in [-0.1, -0.05) is 41.5 Å². The summed E-state index contributed by atoms with van der Waals surface area (Å²) in [6.07, 6.45) is 3.37. The molecule has 0 amide bonds. The molecule has 0 saturated carbocycles. The standard InChI is InChI=1S/C21H17N3O2/c1-13-4-7-15(8-5-13)19-20(24-11-3-10-22-24)18(21(25)26)16-12-14(2)6-9-17(16)23-19/h3-12H,1-2H3,(H,25,26). The van der Waals surface area contributed by atoms with E-state index in [-0.39, 0.29) is 5.56 Å². The zero-order valence-corrected chi connectivity index (χ0v) is 14.5. The first-order valence-electron chi connectivity index (χ1n) is 8.29. The van der Waals surface area contributed by atoms with Crippen LogP contribution in [0.2, 0.25) is 0 Å². The second-order valence-electron chi connectivity index (χ2n) is 6.33. The Kier molecular flexibility index (Phi) is 3.77. The lowest BCUT2D eigenvalue weighted by Crippen LogP contribution is -2.10. The summed E-state index contributed by atoms with van der Waals surface area (Å²) in [5, 5.41) is 14.9. The highest BCUT2D eigenvalue weighted by Gasteiger charge is 2.23. The SMILES string of the molecule is Cc1ccc(-c2nc3ccc(C)cc3c(C(=O)O)c2-n2cccn2)cc1. The summed E-state index contributed by atoms with van der Waals surface area (Å²) < 4.78 is 1.58. The number of carbonyl (C=O) groups is 1. The number of carboxylic acid groups (broad SMARTS) is 1. The Morgan fingerprint density at radius 1 is 1.04 bits per heavy atom. The van der Waals surface area contributed by atoms with Crippen LogP contribution < -0.4 is 0 Å². The topological polar surface area (TPSA) is 68.0 Å². The van der Waals surface area contributed by atoms with Crippen LogP contribution in [0.3, 0.4) is 0 Å². The first-order chi connectivity index (χ1) is 12.5. The predicted octanol–water partition coefficient (Wildman–Crippen LogP) is 4.40. The third-order valence-electron chi connectivity index (χ3n) is 4.39. The van der Waals surface area contributed by atoms with Crippen LogP contribution in [0.1, 0.15) is 21.5 Å². The van der Waals surface area contributed by atoms with E-state index in [1.807, 2.05) is 56.3 Å². The average molecular weight is 343 g/mol. The monoisotopic (exact) mass is 343 g/mol. The third-order valence-corrected chi connectivity index (χ3v) is 4.39. The lowest BCUT2D eigenvalue weighted by atomic mass is 9.99. The van der Waals surface area contributed by atoms with E-state index in [4.69, 9.17) is 4.98 Å². The van der Waals surface area contributed by atoms with Crippen LogP contribution in [-0.4, -0.2) is 25.8 Å². The molecular weight excluding hydrogens is 326 g/mol. The van der Waals surface area contributed by atoms with E-state index >= 15 is 0 Å². The molecule has 0 bridgehead atoms. The number of fused-ring (bicyclic) bond motifs is 1. The van der Waals surface area contributed by atoms with Crippen LogP contribution in [0, 0.1) is 13.8 Å². The minimum absolute atomic E-state index is 0.206. The molecule has 26 heavy (non-hydrogen) atoms. The van der Waals surface area contributed by atoms with Crippen LogP contribution >= 0.6 is 0 Å². The summed E-state index contributed by atoms with van der Waals surface area (Å²) in [5.41, 5.74) is 4.90. The third kappa shape index (κ3) is 2.63. The van der Waals surface area contributed by atoms with Gasteiger partial charge in [-0.2, -0.15) is 5.10 Å². The van der Waals surface area contributed by atoms with Gasteiger partial charge in [-0.15, -0.1) is 0 Å². The summed E-state index contributed by atoms with van der Waals surface area (Å²) >= 11 is 0. The van der Waals surface area contributed by atoms with Crippen molar-refractivity contribution >= 4 is 16.9 Å². The van der Waals surface area contributed by atoms with E-state index in [1.165, 1.54) is 0 Å². The number of pyridine rings is 1. The number of carboxylic acids is 1. The van der Waals surface area contributed by atoms with Crippen LogP contribution in [0.5, 0.6) is 0 Å². The molecular formula is C21H17N3O2. The molecule has 2 aromatic carbocycles. The smallest absolute Gasteiger partial charge is 0.338 e. The number of rotatable bonds is 3. The molecule has 128 valence electrons. The van der Waals surface area contributed by atoms with Crippen molar-refractivity contribution in [1.82, 2.24) is 14.8 Å². The fourth-order valence-corrected chi connectivity index (χ4v) is 3.12. The molecule has 0 aliphatic rings. The van der Waals surface area contributed by atoms with E-state index < -0.39 is 5.97 Å². The largest absolute Gasteiger partial charge is 0.478 e. The molecule has 0 aliphatic heterocycles. The van der Waals surface area contributed by atoms with Gasteiger partial charge >= 0.3 is 5.97 Å². The molecule has 0 saturated heterocycles. The van der Waals surface area contributed by atoms with Gasteiger partial charge in [0.25, 0.3) is 0 Å². The van der Waals surface area contributed by atoms with Crippen molar-refractivity contribution in [1.29, 1.82) is 0 Å². The summed E-state index contributed by atoms with van der Waals surface area (Å²) in [6.45, 7) is 3.95. The molecule has 1 N–H and O–H groups in total. The number of hydrogen-bond acceptors (Lipinski definition) is 3. The van der Waals surface area contributed by atoms with Gasteiger partial charge in [0.15, 0.2) is 0 Å². The number of aromatic carboxylic acids is 1. The number of benzene rings is 2. The lowest BCUT2D eigenvalue weighted by molar-refractivity contribution is 0.0699. The first-order valence-corrected chi connectivity index (χ1v) is 8.29. The molecule has 0 fully saturated rings. The van der Waals surface area contributed by atoms with Crippen LogP contribution in [-0.2, 0) is 0 Å². The second kappa shape index (κ2) is 6.11. The van der Waals surface area contributed by atoms with Crippen LogP contribution in [0.25, 0.3) is 27.8 Å². The van der Waals surface area contributed by atoms with Gasteiger partial charge in [-0.25, -0.2) is 14.5 Å². The van der Waals surface area contributed by atoms with Crippen LogP contribution in [0.15, 0.2) is 60.9 Å². The number of nitrogens with zero attached hydrogens (tertiary/aromatic N) is 3. The summed E-state index contributed by atoms with van der Waals surface area (Å²) in [4.78, 5) is 17.0. The van der Waals surface area contributed by atoms with Crippen molar-refractivity contribution in [3.05, 3.63) is 77.6 Å². The fourth-order valence-electron chi connectivity index (χ4n) is 3.12. The molecule has 0 unspecified atom stereocenters. The molecule has 5 nitrogen and oxygen atoms in total. The van der Waals surface area contributed by atoms with Crippen molar-refractivity contribution in [2.45, 2.75) is 13.8 Å². The van der Waals surface area contributed by atoms with Gasteiger partial charge in [0.1, 0.15) is 5.69 Å². The minimum Gasteiger partial charge on any atom is -0.478 e. The molecule has 4 rings (SSSR count). The van der Waals surface area contributed by atoms with Gasteiger partial charge in [-0.3, -0.25) is 0 Å². The zero-order chi connectivity index (χ0) is 18.3. The van der Waals surface area contributed by atoms with Gasteiger partial charge < -0.3 is 5.11 Å². The molecule has 0 atom stereocenters. The highest BCUT2D eigenvalue weighted by atomic mass is 16.4. The Hall–Kier alpha value is -3.47. The zero-order valence-electron chi connectivity index (χ0n) is 14.5. The summed E-state index contributed by atoms with van der Waals surface area (Å²) in [6, 6.07) is 15.3. The molecule has 4 aromatic rings. The van der Waals surface area contributed by atoms with Gasteiger partial charge in [0, 0.05) is 23.3 Å². The van der Waals surface area contributed by atoms with E-state index in [9.17, 15) is 9.90 Å². The molecule has 0 radical (unpaired) electrons. The van der Waals surface area contributed by atoms with Crippen molar-refractivity contribution in [2.75, 3.05) is 0 Å². The van der Waals surface area contributed by atoms with Crippen LogP contribution in [0.4, 0.5) is 0 Å². The first kappa shape index (κ1) is 16.0. The van der Waals surface area contributed by atoms with E-state index in [0.717, 1.165) is 16.7 Å². The van der Waals surface area contributed by atoms with Crippen molar-refractivity contribution in [3.8, 4) is 16.9 Å². The fraction of sp³-hybridized carbons (Fsp3) is 0.0952. The lowest BCUT2D eigenvalue weighted by Gasteiger charge is -2.15. The maximum absolute atomic E-state index is 12.2.